The molecule has 2 nitrogen and oxygen atoms in total. The Morgan fingerprint density at radius 1 is 1.44 bits per heavy atom. The zero-order chi connectivity index (χ0) is 12.0. The van der Waals surface area contributed by atoms with Gasteiger partial charge in [0.25, 0.3) is 0 Å². The summed E-state index contributed by atoms with van der Waals surface area (Å²) in [5, 5.41) is 0. The third kappa shape index (κ3) is 4.75. The lowest BCUT2D eigenvalue weighted by atomic mass is 10.2. The number of hydrogen-bond donors (Lipinski definition) is 0. The van der Waals surface area contributed by atoms with Crippen LogP contribution in [0.1, 0.15) is 26.2 Å². The minimum atomic E-state index is -0.374. The van der Waals surface area contributed by atoms with E-state index in [0.717, 1.165) is 12.8 Å². The highest BCUT2D eigenvalue weighted by Crippen LogP contribution is 2.21. The van der Waals surface area contributed by atoms with Gasteiger partial charge in [0.2, 0.25) is 0 Å². The lowest BCUT2D eigenvalue weighted by Crippen LogP contribution is -2.00. The van der Waals surface area contributed by atoms with Crippen LogP contribution in [0.4, 0.5) is 4.39 Å². The molecule has 0 aromatic heterocycles. The topological polar surface area (TPSA) is 26.3 Å². The minimum Gasteiger partial charge on any atom is -0.491 e. The summed E-state index contributed by atoms with van der Waals surface area (Å²) in [7, 11) is 0. The van der Waals surface area contributed by atoms with E-state index in [0.29, 0.717) is 17.5 Å². The number of unbranched alkanes of at least 4 members (excludes halogenated alkanes) is 1. The molecule has 0 unspecified atom stereocenters. The van der Waals surface area contributed by atoms with Crippen LogP contribution >= 0.6 is 15.9 Å². The Labute approximate surface area is 103 Å². The molecule has 16 heavy (non-hydrogen) atoms. The van der Waals surface area contributed by atoms with E-state index in [1.165, 1.54) is 6.07 Å². The fraction of sp³-hybridized carbons (Fsp3) is 0.417. The summed E-state index contributed by atoms with van der Waals surface area (Å²) in [5.41, 5.74) is 0. The highest BCUT2D eigenvalue weighted by molar-refractivity contribution is 9.10. The van der Waals surface area contributed by atoms with Gasteiger partial charge in [-0.1, -0.05) is 15.9 Å². The molecule has 0 bridgehead atoms. The van der Waals surface area contributed by atoms with Gasteiger partial charge in [-0.25, -0.2) is 4.39 Å². The van der Waals surface area contributed by atoms with Gasteiger partial charge in [-0.3, -0.25) is 0 Å². The van der Waals surface area contributed by atoms with E-state index in [1.54, 1.807) is 19.1 Å². The molecule has 0 aliphatic carbocycles. The van der Waals surface area contributed by atoms with E-state index in [1.807, 2.05) is 0 Å². The van der Waals surface area contributed by atoms with Crippen molar-refractivity contribution in [2.24, 2.45) is 0 Å². The van der Waals surface area contributed by atoms with Crippen molar-refractivity contribution < 1.29 is 13.9 Å². The summed E-state index contributed by atoms with van der Waals surface area (Å²) in [5.74, 6) is 0.0572. The smallest absolute Gasteiger partial charge is 0.166 e. The molecule has 0 fully saturated rings. The second-order valence-corrected chi connectivity index (χ2v) is 4.50. The molecule has 0 N–H and O–H groups in total. The zero-order valence-electron chi connectivity index (χ0n) is 9.13. The molecule has 88 valence electrons. The number of halogens is 2. The van der Waals surface area contributed by atoms with Crippen molar-refractivity contribution in [1.29, 1.82) is 0 Å². The van der Waals surface area contributed by atoms with Crippen LogP contribution in [0.5, 0.6) is 5.75 Å². The molecular formula is C12H14BrFO2. The average molecular weight is 289 g/mol. The Morgan fingerprint density at radius 2 is 2.19 bits per heavy atom. The monoisotopic (exact) mass is 288 g/mol. The average Bonchev–Trinajstić information content (AvgIpc) is 2.20. The fourth-order valence-corrected chi connectivity index (χ4v) is 1.58. The van der Waals surface area contributed by atoms with Crippen LogP contribution in [0, 0.1) is 5.82 Å². The van der Waals surface area contributed by atoms with Crippen molar-refractivity contribution in [1.82, 2.24) is 0 Å². The second kappa shape index (κ2) is 6.63. The summed E-state index contributed by atoms with van der Waals surface area (Å²) in [6, 6.07) is 4.68. The fourth-order valence-electron chi connectivity index (χ4n) is 1.25. The van der Waals surface area contributed by atoms with Gasteiger partial charge >= 0.3 is 0 Å². The zero-order valence-corrected chi connectivity index (χ0v) is 10.7. The van der Waals surface area contributed by atoms with Gasteiger partial charge < -0.3 is 9.53 Å². The predicted molar refractivity (Wildman–Crippen MR) is 64.1 cm³/mol. The first-order valence-electron chi connectivity index (χ1n) is 5.17. The Morgan fingerprint density at radius 3 is 2.81 bits per heavy atom. The van der Waals surface area contributed by atoms with Crippen LogP contribution in [-0.2, 0) is 4.79 Å². The van der Waals surface area contributed by atoms with Gasteiger partial charge in [0.05, 0.1) is 6.61 Å². The summed E-state index contributed by atoms with van der Waals surface area (Å²) in [4.78, 5) is 10.7. The number of carbonyl (C=O) groups excluding carboxylic acids is 1. The van der Waals surface area contributed by atoms with E-state index in [-0.39, 0.29) is 17.3 Å². The van der Waals surface area contributed by atoms with Crippen molar-refractivity contribution >= 4 is 21.7 Å². The number of Topliss-reactive ketones (excluding diaryl/α,β-unsaturated/α-hetero) is 1. The van der Waals surface area contributed by atoms with E-state index in [9.17, 15) is 9.18 Å². The molecule has 1 aromatic rings. The molecule has 0 heterocycles. The quantitative estimate of drug-likeness (QED) is 0.746. The van der Waals surface area contributed by atoms with E-state index in [2.05, 4.69) is 15.9 Å². The first-order chi connectivity index (χ1) is 7.59. The Hall–Kier alpha value is -0.900. The largest absolute Gasteiger partial charge is 0.491 e. The minimum absolute atomic E-state index is 0.176. The maximum absolute atomic E-state index is 13.3. The molecule has 0 saturated heterocycles. The van der Waals surface area contributed by atoms with Gasteiger partial charge in [-0.2, -0.15) is 0 Å². The number of carbonyl (C=O) groups is 1. The molecule has 4 heteroatoms. The first kappa shape index (κ1) is 13.2. The van der Waals surface area contributed by atoms with Crippen LogP contribution in [0.3, 0.4) is 0 Å². The predicted octanol–water partition coefficient (Wildman–Crippen LogP) is 3.73. The molecule has 1 rings (SSSR count). The highest BCUT2D eigenvalue weighted by atomic mass is 79.9. The van der Waals surface area contributed by atoms with Crippen LogP contribution in [0.2, 0.25) is 0 Å². The van der Waals surface area contributed by atoms with Crippen molar-refractivity contribution in [2.75, 3.05) is 6.61 Å². The number of ketones is 1. The SMILES string of the molecule is CC(=O)CCCCOc1ccc(Br)cc1F. The van der Waals surface area contributed by atoms with Gasteiger partial charge in [0.1, 0.15) is 5.78 Å². The van der Waals surface area contributed by atoms with Gasteiger partial charge in [-0.05, 0) is 38.0 Å². The van der Waals surface area contributed by atoms with Crippen LogP contribution in [-0.4, -0.2) is 12.4 Å². The molecule has 0 amide bonds. The molecule has 0 aliphatic rings. The van der Waals surface area contributed by atoms with Crippen LogP contribution < -0.4 is 4.74 Å². The third-order valence-corrected chi connectivity index (χ3v) is 2.57. The van der Waals surface area contributed by atoms with Crippen LogP contribution in [0.15, 0.2) is 22.7 Å². The molecule has 0 saturated carbocycles. The normalized spacial score (nSPS) is 10.2. The van der Waals surface area contributed by atoms with Crippen molar-refractivity contribution in [2.45, 2.75) is 26.2 Å². The summed E-state index contributed by atoms with van der Waals surface area (Å²) < 4.78 is 19.2. The standard InChI is InChI=1S/C12H14BrFO2/c1-9(15)4-2-3-7-16-12-6-5-10(13)8-11(12)14/h5-6,8H,2-4,7H2,1H3. The maximum atomic E-state index is 13.3. The Balaban J connectivity index is 2.29. The number of rotatable bonds is 6. The van der Waals surface area contributed by atoms with Crippen molar-refractivity contribution in [3.8, 4) is 5.75 Å². The third-order valence-electron chi connectivity index (χ3n) is 2.07. The van der Waals surface area contributed by atoms with Crippen LogP contribution in [0.25, 0.3) is 0 Å². The summed E-state index contributed by atoms with van der Waals surface area (Å²) >= 11 is 3.17. The maximum Gasteiger partial charge on any atom is 0.166 e. The Bertz CT molecular complexity index is 366. The molecule has 1 aromatic carbocycles. The molecule has 0 radical (unpaired) electrons. The molecule has 0 spiro atoms. The van der Waals surface area contributed by atoms with Gasteiger partial charge in [0, 0.05) is 10.9 Å². The van der Waals surface area contributed by atoms with Gasteiger partial charge in [0.15, 0.2) is 11.6 Å². The Kier molecular flexibility index (Phi) is 5.46. The number of ether oxygens (including phenoxy) is 1. The second-order valence-electron chi connectivity index (χ2n) is 3.58. The van der Waals surface area contributed by atoms with Crippen molar-refractivity contribution in [3.63, 3.8) is 0 Å². The number of hydrogen-bond acceptors (Lipinski definition) is 2. The lowest BCUT2D eigenvalue weighted by molar-refractivity contribution is -0.117. The number of benzene rings is 1. The van der Waals surface area contributed by atoms with Crippen molar-refractivity contribution in [3.05, 3.63) is 28.5 Å². The summed E-state index contributed by atoms with van der Waals surface area (Å²) in [6.45, 7) is 2.00. The first-order valence-corrected chi connectivity index (χ1v) is 5.96. The molecular weight excluding hydrogens is 275 g/mol. The summed E-state index contributed by atoms with van der Waals surface area (Å²) in [6.07, 6.45) is 2.11. The lowest BCUT2D eigenvalue weighted by Gasteiger charge is -2.06. The highest BCUT2D eigenvalue weighted by Gasteiger charge is 2.03. The van der Waals surface area contributed by atoms with E-state index < -0.39 is 0 Å². The van der Waals surface area contributed by atoms with Gasteiger partial charge in [-0.15, -0.1) is 0 Å². The molecule has 0 atom stereocenters. The van der Waals surface area contributed by atoms with E-state index >= 15 is 0 Å². The molecule has 0 aliphatic heterocycles. The van der Waals surface area contributed by atoms with E-state index in [4.69, 9.17) is 4.74 Å².